The summed E-state index contributed by atoms with van der Waals surface area (Å²) in [5.74, 6) is -0.431. The number of thiophene rings is 1. The fourth-order valence-corrected chi connectivity index (χ4v) is 4.29. The lowest BCUT2D eigenvalue weighted by molar-refractivity contribution is 0.0941. The van der Waals surface area contributed by atoms with Crippen LogP contribution in [0, 0.1) is 6.92 Å². The second kappa shape index (κ2) is 8.63. The van der Waals surface area contributed by atoms with Crippen LogP contribution in [0.2, 0.25) is 0 Å². The highest BCUT2D eigenvalue weighted by molar-refractivity contribution is 7.10. The maximum absolute atomic E-state index is 13.1. The van der Waals surface area contributed by atoms with E-state index >= 15 is 0 Å². The lowest BCUT2D eigenvalue weighted by Gasteiger charge is -2.18. The van der Waals surface area contributed by atoms with Crippen molar-refractivity contribution in [3.05, 3.63) is 104 Å². The van der Waals surface area contributed by atoms with E-state index in [9.17, 15) is 9.59 Å². The van der Waals surface area contributed by atoms with Gasteiger partial charge >= 0.3 is 0 Å². The average molecular weight is 418 g/mol. The van der Waals surface area contributed by atoms with Crippen molar-refractivity contribution in [3.8, 4) is 0 Å². The molecule has 0 spiro atoms. The van der Waals surface area contributed by atoms with Crippen molar-refractivity contribution in [2.75, 3.05) is 0 Å². The topological polar surface area (TPSA) is 63.5 Å². The Labute approximate surface area is 179 Å². The molecule has 0 unspecified atom stereocenters. The number of aromatic nitrogens is 2. The van der Waals surface area contributed by atoms with E-state index in [2.05, 4.69) is 29.4 Å². The molecule has 0 fully saturated rings. The van der Waals surface area contributed by atoms with Crippen LogP contribution in [0.15, 0.2) is 71.1 Å². The lowest BCUT2D eigenvalue weighted by Crippen LogP contribution is -2.34. The zero-order chi connectivity index (χ0) is 21.1. The molecular weight excluding hydrogens is 394 g/mol. The third-order valence-electron chi connectivity index (χ3n) is 5.05. The lowest BCUT2D eigenvalue weighted by atomic mass is 10.0. The van der Waals surface area contributed by atoms with Crippen molar-refractivity contribution in [1.29, 1.82) is 0 Å². The third-order valence-corrected chi connectivity index (χ3v) is 5.99. The SMILES string of the molecule is CCCc1ccc([C@H](NC(=O)c2cnc3ccc(C)cn3c2=O)c2cccs2)cc1. The highest BCUT2D eigenvalue weighted by Gasteiger charge is 2.21. The molecule has 3 heterocycles. The van der Waals surface area contributed by atoms with E-state index in [1.807, 2.05) is 42.6 Å². The summed E-state index contributed by atoms with van der Waals surface area (Å²) in [5, 5.41) is 5.02. The number of carbonyl (C=O) groups is 1. The zero-order valence-electron chi connectivity index (χ0n) is 17.0. The molecule has 0 saturated carbocycles. The Hall–Kier alpha value is -3.25. The Balaban J connectivity index is 1.68. The molecule has 4 aromatic rings. The highest BCUT2D eigenvalue weighted by atomic mass is 32.1. The van der Waals surface area contributed by atoms with Crippen LogP contribution in [0.3, 0.4) is 0 Å². The molecule has 30 heavy (non-hydrogen) atoms. The highest BCUT2D eigenvalue weighted by Crippen LogP contribution is 2.27. The molecule has 5 nitrogen and oxygen atoms in total. The van der Waals surface area contributed by atoms with Crippen LogP contribution >= 0.6 is 11.3 Å². The molecule has 0 radical (unpaired) electrons. The summed E-state index contributed by atoms with van der Waals surface area (Å²) < 4.78 is 1.42. The number of hydrogen-bond donors (Lipinski definition) is 1. The molecule has 1 atom stereocenters. The number of carbonyl (C=O) groups excluding carboxylic acids is 1. The van der Waals surface area contributed by atoms with Gasteiger partial charge in [-0.05, 0) is 47.5 Å². The first kappa shape index (κ1) is 20.0. The molecule has 1 N–H and O–H groups in total. The molecule has 0 aliphatic rings. The zero-order valence-corrected chi connectivity index (χ0v) is 17.8. The first-order chi connectivity index (χ1) is 14.6. The van der Waals surface area contributed by atoms with E-state index in [0.29, 0.717) is 5.65 Å². The largest absolute Gasteiger partial charge is 0.340 e. The normalized spacial score (nSPS) is 12.1. The summed E-state index contributed by atoms with van der Waals surface area (Å²) in [4.78, 5) is 31.3. The van der Waals surface area contributed by atoms with Gasteiger partial charge in [0.05, 0.1) is 6.04 Å². The minimum atomic E-state index is -0.431. The number of benzene rings is 1. The Morgan fingerprint density at radius 2 is 1.97 bits per heavy atom. The number of amides is 1. The van der Waals surface area contributed by atoms with Crippen molar-refractivity contribution in [3.63, 3.8) is 0 Å². The summed E-state index contributed by atoms with van der Waals surface area (Å²) in [6.45, 7) is 4.05. The number of hydrogen-bond acceptors (Lipinski definition) is 4. The van der Waals surface area contributed by atoms with Gasteiger partial charge < -0.3 is 5.32 Å². The molecule has 4 rings (SSSR count). The Bertz CT molecular complexity index is 1230. The summed E-state index contributed by atoms with van der Waals surface area (Å²) in [6.07, 6.45) is 5.17. The average Bonchev–Trinajstić information content (AvgIpc) is 3.28. The van der Waals surface area contributed by atoms with E-state index < -0.39 is 5.91 Å². The molecular formula is C24H23N3O2S. The Morgan fingerprint density at radius 1 is 1.17 bits per heavy atom. The molecule has 0 saturated heterocycles. The Morgan fingerprint density at radius 3 is 2.67 bits per heavy atom. The molecule has 152 valence electrons. The van der Waals surface area contributed by atoms with Crippen molar-refractivity contribution in [2.45, 2.75) is 32.7 Å². The maximum Gasteiger partial charge on any atom is 0.270 e. The summed E-state index contributed by atoms with van der Waals surface area (Å²) >= 11 is 1.57. The van der Waals surface area contributed by atoms with Gasteiger partial charge in [-0.1, -0.05) is 49.7 Å². The van der Waals surface area contributed by atoms with Gasteiger partial charge in [-0.3, -0.25) is 14.0 Å². The quantitative estimate of drug-likeness (QED) is 0.501. The van der Waals surface area contributed by atoms with Crippen LogP contribution in [0.25, 0.3) is 5.65 Å². The molecule has 1 aromatic carbocycles. The first-order valence-corrected chi connectivity index (χ1v) is 10.9. The van der Waals surface area contributed by atoms with Crippen LogP contribution in [-0.4, -0.2) is 15.3 Å². The number of nitrogens with one attached hydrogen (secondary N) is 1. The fourth-order valence-electron chi connectivity index (χ4n) is 3.49. The number of rotatable bonds is 6. The van der Waals surface area contributed by atoms with Crippen molar-refractivity contribution in [1.82, 2.24) is 14.7 Å². The predicted octanol–water partition coefficient (Wildman–Crippen LogP) is 4.54. The Kier molecular flexibility index (Phi) is 5.77. The monoisotopic (exact) mass is 417 g/mol. The van der Waals surface area contributed by atoms with Gasteiger partial charge in [0.15, 0.2) is 0 Å². The van der Waals surface area contributed by atoms with Gasteiger partial charge in [-0.25, -0.2) is 4.98 Å². The predicted molar refractivity (Wildman–Crippen MR) is 120 cm³/mol. The maximum atomic E-state index is 13.1. The minimum Gasteiger partial charge on any atom is -0.340 e. The standard InChI is InChI=1S/C24H23N3O2S/c1-3-5-17-8-10-18(11-9-17)22(20-6-4-13-30-20)26-23(28)19-14-25-21-12-7-16(2)15-27(21)24(19)29/h4,6-15,22H,3,5H2,1-2H3,(H,26,28)/t22-/m0/s1. The number of nitrogens with zero attached hydrogens (tertiary/aromatic N) is 2. The van der Waals surface area contributed by atoms with Crippen molar-refractivity contribution >= 4 is 22.9 Å². The van der Waals surface area contributed by atoms with E-state index in [1.54, 1.807) is 23.6 Å². The second-order valence-electron chi connectivity index (χ2n) is 7.33. The van der Waals surface area contributed by atoms with Gasteiger partial charge in [0.1, 0.15) is 11.2 Å². The molecule has 6 heteroatoms. The number of aryl methyl sites for hydroxylation is 2. The van der Waals surface area contributed by atoms with E-state index in [-0.39, 0.29) is 17.2 Å². The second-order valence-corrected chi connectivity index (χ2v) is 8.30. The van der Waals surface area contributed by atoms with Crippen LogP contribution in [0.4, 0.5) is 0 Å². The van der Waals surface area contributed by atoms with Crippen LogP contribution in [0.1, 0.15) is 51.3 Å². The van der Waals surface area contributed by atoms with Crippen LogP contribution in [0.5, 0.6) is 0 Å². The first-order valence-electron chi connectivity index (χ1n) is 9.98. The van der Waals surface area contributed by atoms with Gasteiger partial charge in [-0.2, -0.15) is 0 Å². The van der Waals surface area contributed by atoms with E-state index in [4.69, 9.17) is 0 Å². The summed E-state index contributed by atoms with van der Waals surface area (Å²) in [6, 6.07) is 15.6. The smallest absolute Gasteiger partial charge is 0.270 e. The molecule has 0 aliphatic carbocycles. The molecule has 0 bridgehead atoms. The third kappa shape index (κ3) is 4.04. The van der Waals surface area contributed by atoms with Gasteiger partial charge in [0.2, 0.25) is 0 Å². The number of fused-ring (bicyclic) bond motifs is 1. The summed E-state index contributed by atoms with van der Waals surface area (Å²) in [7, 11) is 0. The van der Waals surface area contributed by atoms with Crippen LogP contribution < -0.4 is 10.9 Å². The van der Waals surface area contributed by atoms with Gasteiger partial charge in [0.25, 0.3) is 11.5 Å². The molecule has 3 aromatic heterocycles. The van der Waals surface area contributed by atoms with Gasteiger partial charge in [0, 0.05) is 17.3 Å². The van der Waals surface area contributed by atoms with Crippen molar-refractivity contribution < 1.29 is 4.79 Å². The minimum absolute atomic E-state index is 0.0299. The molecule has 1 amide bonds. The van der Waals surface area contributed by atoms with Crippen LogP contribution in [-0.2, 0) is 6.42 Å². The summed E-state index contributed by atoms with van der Waals surface area (Å²) in [5.41, 5.74) is 3.35. The number of pyridine rings is 1. The fraction of sp³-hybridized carbons (Fsp3) is 0.208. The van der Waals surface area contributed by atoms with Gasteiger partial charge in [-0.15, -0.1) is 11.3 Å². The van der Waals surface area contributed by atoms with Crippen molar-refractivity contribution in [2.24, 2.45) is 0 Å². The van der Waals surface area contributed by atoms with E-state index in [1.165, 1.54) is 16.2 Å². The molecule has 0 aliphatic heterocycles. The van der Waals surface area contributed by atoms with E-state index in [0.717, 1.165) is 28.8 Å².